The van der Waals surface area contributed by atoms with Gasteiger partial charge in [-0.05, 0) is 61.2 Å². The summed E-state index contributed by atoms with van der Waals surface area (Å²) in [7, 11) is 1.61. The predicted octanol–water partition coefficient (Wildman–Crippen LogP) is 4.26. The number of ether oxygens (including phenoxy) is 2. The molecule has 1 heterocycles. The van der Waals surface area contributed by atoms with E-state index in [-0.39, 0.29) is 12.5 Å². The van der Waals surface area contributed by atoms with Gasteiger partial charge in [0.15, 0.2) is 6.10 Å². The van der Waals surface area contributed by atoms with E-state index in [1.54, 1.807) is 14.0 Å². The van der Waals surface area contributed by atoms with E-state index in [4.69, 9.17) is 14.0 Å². The van der Waals surface area contributed by atoms with Crippen molar-refractivity contribution >= 4 is 5.91 Å². The molecule has 1 aromatic heterocycles. The number of carbonyl (C=O) groups excluding carboxylic acids is 1. The Kier molecular flexibility index (Phi) is 6.72. The highest BCUT2D eigenvalue weighted by Gasteiger charge is 2.18. The third-order valence-corrected chi connectivity index (χ3v) is 4.69. The largest absolute Gasteiger partial charge is 0.497 e. The minimum Gasteiger partial charge on any atom is -0.497 e. The maximum absolute atomic E-state index is 12.5. The van der Waals surface area contributed by atoms with Gasteiger partial charge in [0.25, 0.3) is 5.91 Å². The lowest BCUT2D eigenvalue weighted by Gasteiger charge is -2.19. The van der Waals surface area contributed by atoms with Crippen molar-refractivity contribution in [3.8, 4) is 22.9 Å². The molecular formula is C23H27N3O4. The van der Waals surface area contributed by atoms with Crippen molar-refractivity contribution in [2.75, 3.05) is 7.11 Å². The fraction of sp³-hybridized carbons (Fsp3) is 0.348. The molecule has 0 saturated heterocycles. The first-order valence-corrected chi connectivity index (χ1v) is 9.89. The summed E-state index contributed by atoms with van der Waals surface area (Å²) >= 11 is 0. The summed E-state index contributed by atoms with van der Waals surface area (Å²) in [4.78, 5) is 16.8. The molecule has 2 aromatic carbocycles. The SMILES string of the molecule is COc1ccc(-c2noc(CNC(=O)[C@@H](C)Oc3cc(C)ccc3C(C)C)n2)cc1. The Labute approximate surface area is 176 Å². The minimum absolute atomic E-state index is 0.126. The van der Waals surface area contributed by atoms with Crippen molar-refractivity contribution in [3.05, 3.63) is 59.5 Å². The number of nitrogens with zero attached hydrogens (tertiary/aromatic N) is 2. The number of hydrogen-bond acceptors (Lipinski definition) is 6. The molecule has 0 aliphatic rings. The predicted molar refractivity (Wildman–Crippen MR) is 113 cm³/mol. The number of amides is 1. The van der Waals surface area contributed by atoms with Gasteiger partial charge in [0.05, 0.1) is 13.7 Å². The molecule has 0 fully saturated rings. The van der Waals surface area contributed by atoms with Crippen LogP contribution in [0.3, 0.4) is 0 Å². The third-order valence-electron chi connectivity index (χ3n) is 4.69. The van der Waals surface area contributed by atoms with E-state index in [1.165, 1.54) is 0 Å². The zero-order valence-electron chi connectivity index (χ0n) is 17.9. The molecule has 3 aromatic rings. The van der Waals surface area contributed by atoms with Crippen LogP contribution in [0.4, 0.5) is 0 Å². The van der Waals surface area contributed by atoms with Gasteiger partial charge in [-0.15, -0.1) is 0 Å². The van der Waals surface area contributed by atoms with Crippen LogP contribution in [0.1, 0.15) is 43.7 Å². The van der Waals surface area contributed by atoms with Gasteiger partial charge in [-0.25, -0.2) is 0 Å². The van der Waals surface area contributed by atoms with E-state index in [0.29, 0.717) is 17.6 Å². The van der Waals surface area contributed by atoms with Crippen LogP contribution in [0.25, 0.3) is 11.4 Å². The fourth-order valence-corrected chi connectivity index (χ4v) is 2.96. The smallest absolute Gasteiger partial charge is 0.261 e. The van der Waals surface area contributed by atoms with Crippen molar-refractivity contribution in [2.24, 2.45) is 0 Å². The fourth-order valence-electron chi connectivity index (χ4n) is 2.96. The number of nitrogens with one attached hydrogen (secondary N) is 1. The second kappa shape index (κ2) is 9.43. The Balaban J connectivity index is 1.59. The zero-order chi connectivity index (χ0) is 21.7. The molecule has 0 unspecified atom stereocenters. The van der Waals surface area contributed by atoms with Gasteiger partial charge in [-0.2, -0.15) is 4.98 Å². The highest BCUT2D eigenvalue weighted by Crippen LogP contribution is 2.28. The molecule has 7 nitrogen and oxygen atoms in total. The number of aromatic nitrogens is 2. The Morgan fingerprint density at radius 2 is 1.87 bits per heavy atom. The molecule has 0 radical (unpaired) electrons. The van der Waals surface area contributed by atoms with Crippen molar-refractivity contribution < 1.29 is 18.8 Å². The molecule has 1 atom stereocenters. The molecule has 7 heteroatoms. The number of rotatable bonds is 8. The van der Waals surface area contributed by atoms with E-state index >= 15 is 0 Å². The molecule has 0 aliphatic heterocycles. The Morgan fingerprint density at radius 3 is 2.53 bits per heavy atom. The summed E-state index contributed by atoms with van der Waals surface area (Å²) < 4.78 is 16.3. The summed E-state index contributed by atoms with van der Waals surface area (Å²) in [6.45, 7) is 8.03. The van der Waals surface area contributed by atoms with Gasteiger partial charge in [-0.3, -0.25) is 4.79 Å². The maximum atomic E-state index is 12.5. The summed E-state index contributed by atoms with van der Waals surface area (Å²) in [5, 5.41) is 6.75. The number of aryl methyl sites for hydroxylation is 1. The monoisotopic (exact) mass is 409 g/mol. The minimum atomic E-state index is -0.659. The molecule has 0 saturated carbocycles. The van der Waals surface area contributed by atoms with E-state index < -0.39 is 6.10 Å². The second-order valence-corrected chi connectivity index (χ2v) is 7.41. The van der Waals surface area contributed by atoms with Crippen LogP contribution in [0, 0.1) is 6.92 Å². The molecule has 1 N–H and O–H groups in total. The van der Waals surface area contributed by atoms with Crippen LogP contribution in [0.15, 0.2) is 47.0 Å². The average molecular weight is 409 g/mol. The molecule has 0 aliphatic carbocycles. The van der Waals surface area contributed by atoms with Gasteiger partial charge < -0.3 is 19.3 Å². The third kappa shape index (κ3) is 5.17. The molecule has 1 amide bonds. The molecule has 3 rings (SSSR count). The summed E-state index contributed by atoms with van der Waals surface area (Å²) in [6.07, 6.45) is -0.659. The van der Waals surface area contributed by atoms with E-state index in [2.05, 4.69) is 29.3 Å². The molecule has 158 valence electrons. The maximum Gasteiger partial charge on any atom is 0.261 e. The second-order valence-electron chi connectivity index (χ2n) is 7.41. The highest BCUT2D eigenvalue weighted by molar-refractivity contribution is 5.80. The first kappa shape index (κ1) is 21.4. The van der Waals surface area contributed by atoms with Gasteiger partial charge >= 0.3 is 0 Å². The average Bonchev–Trinajstić information content (AvgIpc) is 3.21. The zero-order valence-corrected chi connectivity index (χ0v) is 17.9. The highest BCUT2D eigenvalue weighted by atomic mass is 16.5. The van der Waals surface area contributed by atoms with Crippen molar-refractivity contribution in [1.29, 1.82) is 0 Å². The lowest BCUT2D eigenvalue weighted by atomic mass is 10.0. The van der Waals surface area contributed by atoms with E-state index in [1.807, 2.05) is 49.4 Å². The van der Waals surface area contributed by atoms with Crippen LogP contribution in [-0.4, -0.2) is 29.3 Å². The van der Waals surface area contributed by atoms with E-state index in [0.717, 1.165) is 28.2 Å². The topological polar surface area (TPSA) is 86.5 Å². The van der Waals surface area contributed by atoms with Gasteiger partial charge in [-0.1, -0.05) is 31.1 Å². The van der Waals surface area contributed by atoms with Gasteiger partial charge in [0.2, 0.25) is 11.7 Å². The lowest BCUT2D eigenvalue weighted by molar-refractivity contribution is -0.127. The summed E-state index contributed by atoms with van der Waals surface area (Å²) in [5.74, 6) is 2.29. The Morgan fingerprint density at radius 1 is 1.13 bits per heavy atom. The van der Waals surface area contributed by atoms with E-state index in [9.17, 15) is 4.79 Å². The van der Waals surface area contributed by atoms with Crippen molar-refractivity contribution in [2.45, 2.75) is 46.3 Å². The molecular weight excluding hydrogens is 382 g/mol. The van der Waals surface area contributed by atoms with Gasteiger partial charge in [0.1, 0.15) is 11.5 Å². The molecule has 0 bridgehead atoms. The number of hydrogen-bond donors (Lipinski definition) is 1. The van der Waals surface area contributed by atoms with Crippen LogP contribution in [0.5, 0.6) is 11.5 Å². The quantitative estimate of drug-likeness (QED) is 0.598. The lowest BCUT2D eigenvalue weighted by Crippen LogP contribution is -2.36. The van der Waals surface area contributed by atoms with Crippen molar-refractivity contribution in [3.63, 3.8) is 0 Å². The van der Waals surface area contributed by atoms with Crippen LogP contribution in [0.2, 0.25) is 0 Å². The number of benzene rings is 2. The van der Waals surface area contributed by atoms with Gasteiger partial charge in [0, 0.05) is 5.56 Å². The van der Waals surface area contributed by atoms with Crippen LogP contribution >= 0.6 is 0 Å². The molecule has 30 heavy (non-hydrogen) atoms. The summed E-state index contributed by atoms with van der Waals surface area (Å²) in [5.41, 5.74) is 2.95. The molecule has 0 spiro atoms. The number of carbonyl (C=O) groups is 1. The van der Waals surface area contributed by atoms with Crippen molar-refractivity contribution in [1.82, 2.24) is 15.5 Å². The Bertz CT molecular complexity index is 996. The first-order valence-electron chi connectivity index (χ1n) is 9.89. The number of methoxy groups -OCH3 is 1. The van der Waals surface area contributed by atoms with Crippen LogP contribution in [-0.2, 0) is 11.3 Å². The Hall–Kier alpha value is -3.35. The van der Waals surface area contributed by atoms with Crippen LogP contribution < -0.4 is 14.8 Å². The standard InChI is InChI=1S/C23H27N3O4/c1-14(2)19-11-6-15(3)12-20(19)29-16(4)23(27)24-13-21-25-22(26-30-21)17-7-9-18(28-5)10-8-17/h6-12,14,16H,13H2,1-5H3,(H,24,27)/t16-/m1/s1. The normalized spacial score (nSPS) is 11.9. The summed E-state index contributed by atoms with van der Waals surface area (Å²) in [6, 6.07) is 13.4. The first-order chi connectivity index (χ1) is 14.4.